The molecule has 0 heterocycles. The molecule has 0 saturated heterocycles. The van der Waals surface area contributed by atoms with Crippen LogP contribution in [0.15, 0.2) is 30.3 Å². The lowest BCUT2D eigenvalue weighted by Gasteiger charge is -2.30. The van der Waals surface area contributed by atoms with Gasteiger partial charge in [-0.25, -0.2) is 4.79 Å². The van der Waals surface area contributed by atoms with Crippen molar-refractivity contribution in [1.29, 1.82) is 0 Å². The number of nitrogens with zero attached hydrogens (tertiary/aromatic N) is 1. The molecule has 1 aromatic carbocycles. The van der Waals surface area contributed by atoms with Crippen molar-refractivity contribution in [2.24, 2.45) is 5.92 Å². The molecule has 21 heavy (non-hydrogen) atoms. The molecule has 116 valence electrons. The van der Waals surface area contributed by atoms with E-state index in [4.69, 9.17) is 0 Å². The Morgan fingerprint density at radius 3 is 2.76 bits per heavy atom. The van der Waals surface area contributed by atoms with Gasteiger partial charge in [0.15, 0.2) is 0 Å². The Hall–Kier alpha value is -1.55. The van der Waals surface area contributed by atoms with Gasteiger partial charge in [-0.2, -0.15) is 0 Å². The fourth-order valence-corrected chi connectivity index (χ4v) is 3.01. The molecule has 2 unspecified atom stereocenters. The normalized spacial score (nSPS) is 21.8. The molecule has 1 saturated carbocycles. The van der Waals surface area contributed by atoms with E-state index in [1.54, 1.807) is 4.90 Å². The summed E-state index contributed by atoms with van der Waals surface area (Å²) in [6.45, 7) is 3.13. The Bertz CT molecular complexity index is 436. The van der Waals surface area contributed by atoms with Crippen molar-refractivity contribution in [3.8, 4) is 0 Å². The van der Waals surface area contributed by atoms with Crippen molar-refractivity contribution in [3.63, 3.8) is 0 Å². The van der Waals surface area contributed by atoms with Crippen molar-refractivity contribution >= 4 is 6.03 Å². The van der Waals surface area contributed by atoms with Crippen molar-refractivity contribution in [1.82, 2.24) is 10.2 Å². The highest BCUT2D eigenvalue weighted by molar-refractivity contribution is 5.74. The number of hydrogen-bond donors (Lipinski definition) is 2. The topological polar surface area (TPSA) is 52.6 Å². The molecule has 2 N–H and O–H groups in total. The maximum atomic E-state index is 12.4. The molecule has 1 fully saturated rings. The molecular formula is C17H26N2O2. The summed E-state index contributed by atoms with van der Waals surface area (Å²) >= 11 is 0. The maximum absolute atomic E-state index is 12.4. The first-order chi connectivity index (χ1) is 10.2. The Balaban J connectivity index is 1.92. The molecular weight excluding hydrogens is 264 g/mol. The summed E-state index contributed by atoms with van der Waals surface area (Å²) in [6, 6.07) is 10.1. The van der Waals surface area contributed by atoms with Crippen LogP contribution in [0, 0.1) is 5.92 Å². The number of amides is 2. The molecule has 0 bridgehead atoms. The van der Waals surface area contributed by atoms with E-state index in [1.165, 1.54) is 12.8 Å². The minimum absolute atomic E-state index is 0.0126. The van der Waals surface area contributed by atoms with Crippen LogP contribution >= 0.6 is 0 Å². The zero-order chi connectivity index (χ0) is 15.1. The van der Waals surface area contributed by atoms with E-state index in [2.05, 4.69) is 12.2 Å². The van der Waals surface area contributed by atoms with Crippen LogP contribution < -0.4 is 5.32 Å². The van der Waals surface area contributed by atoms with Crippen LogP contribution in [0.4, 0.5) is 4.79 Å². The van der Waals surface area contributed by atoms with Gasteiger partial charge in [-0.15, -0.1) is 0 Å². The Morgan fingerprint density at radius 2 is 2.10 bits per heavy atom. The van der Waals surface area contributed by atoms with Crippen LogP contribution in [0.2, 0.25) is 0 Å². The summed E-state index contributed by atoms with van der Waals surface area (Å²) in [4.78, 5) is 14.1. The van der Waals surface area contributed by atoms with Gasteiger partial charge in [0.05, 0.1) is 6.61 Å². The van der Waals surface area contributed by atoms with Crippen molar-refractivity contribution < 1.29 is 9.90 Å². The first kappa shape index (κ1) is 15.8. The quantitative estimate of drug-likeness (QED) is 0.876. The number of aliphatic hydroxyl groups excluding tert-OH is 1. The number of carbonyl (C=O) groups excluding carboxylic acids is 1. The molecule has 0 aromatic heterocycles. The minimum Gasteiger partial charge on any atom is -0.395 e. The zero-order valence-corrected chi connectivity index (χ0v) is 12.8. The number of benzene rings is 1. The van der Waals surface area contributed by atoms with Crippen LogP contribution in [-0.2, 0) is 6.54 Å². The number of nitrogens with one attached hydrogen (secondary N) is 1. The lowest BCUT2D eigenvalue weighted by Crippen LogP contribution is -2.46. The maximum Gasteiger partial charge on any atom is 0.317 e. The summed E-state index contributed by atoms with van der Waals surface area (Å²) in [5, 5.41) is 12.3. The fraction of sp³-hybridized carbons (Fsp3) is 0.588. The Kier molecular flexibility index (Phi) is 6.05. The summed E-state index contributed by atoms with van der Waals surface area (Å²) in [5.74, 6) is 0.685. The monoisotopic (exact) mass is 290 g/mol. The molecule has 4 heteroatoms. The molecule has 2 atom stereocenters. The van der Waals surface area contributed by atoms with Crippen LogP contribution in [0.25, 0.3) is 0 Å². The van der Waals surface area contributed by atoms with Crippen LogP contribution in [0.5, 0.6) is 0 Å². The second kappa shape index (κ2) is 8.03. The molecule has 4 nitrogen and oxygen atoms in total. The fourth-order valence-electron chi connectivity index (χ4n) is 3.01. The van der Waals surface area contributed by atoms with E-state index in [0.717, 1.165) is 18.4 Å². The number of carbonyl (C=O) groups is 1. The molecule has 2 rings (SSSR count). The molecule has 1 aliphatic carbocycles. The molecule has 0 spiro atoms. The highest BCUT2D eigenvalue weighted by Gasteiger charge is 2.22. The number of aliphatic hydroxyl groups is 1. The SMILES string of the molecule is CC1CCCC(NC(=O)N(CCO)Cc2ccccc2)C1. The number of urea groups is 1. The van der Waals surface area contributed by atoms with Gasteiger partial charge in [-0.1, -0.05) is 50.1 Å². The highest BCUT2D eigenvalue weighted by atomic mass is 16.3. The number of hydrogen-bond acceptors (Lipinski definition) is 2. The smallest absolute Gasteiger partial charge is 0.317 e. The Labute approximate surface area is 127 Å². The first-order valence-electron chi connectivity index (χ1n) is 7.89. The van der Waals surface area contributed by atoms with Crippen LogP contribution in [0.3, 0.4) is 0 Å². The van der Waals surface area contributed by atoms with Gasteiger partial charge in [0.25, 0.3) is 0 Å². The van der Waals surface area contributed by atoms with Crippen molar-refractivity contribution in [2.45, 2.75) is 45.2 Å². The van der Waals surface area contributed by atoms with Crippen LogP contribution in [0.1, 0.15) is 38.2 Å². The second-order valence-corrected chi connectivity index (χ2v) is 6.05. The average Bonchev–Trinajstić information content (AvgIpc) is 2.48. The van der Waals surface area contributed by atoms with Gasteiger partial charge in [0, 0.05) is 19.1 Å². The molecule has 2 amide bonds. The van der Waals surface area contributed by atoms with E-state index >= 15 is 0 Å². The predicted octanol–water partition coefficient (Wildman–Crippen LogP) is 2.77. The average molecular weight is 290 g/mol. The van der Waals surface area contributed by atoms with E-state index in [0.29, 0.717) is 19.0 Å². The summed E-state index contributed by atoms with van der Waals surface area (Å²) < 4.78 is 0. The second-order valence-electron chi connectivity index (χ2n) is 6.05. The standard InChI is InChI=1S/C17H26N2O2/c1-14-6-5-9-16(12-14)18-17(21)19(10-11-20)13-15-7-3-2-4-8-15/h2-4,7-8,14,16,20H,5-6,9-13H2,1H3,(H,18,21). The lowest BCUT2D eigenvalue weighted by molar-refractivity contribution is 0.166. The minimum atomic E-state index is -0.0630. The van der Waals surface area contributed by atoms with Gasteiger partial charge < -0.3 is 15.3 Å². The van der Waals surface area contributed by atoms with E-state index in [9.17, 15) is 9.90 Å². The summed E-state index contributed by atoms with van der Waals surface area (Å²) in [5.41, 5.74) is 1.08. The van der Waals surface area contributed by atoms with Crippen LogP contribution in [-0.4, -0.2) is 35.2 Å². The Morgan fingerprint density at radius 1 is 1.33 bits per heavy atom. The van der Waals surface area contributed by atoms with Gasteiger partial charge in [-0.05, 0) is 24.3 Å². The largest absolute Gasteiger partial charge is 0.395 e. The first-order valence-corrected chi connectivity index (χ1v) is 7.89. The predicted molar refractivity (Wildman–Crippen MR) is 83.9 cm³/mol. The summed E-state index contributed by atoms with van der Waals surface area (Å²) in [6.07, 6.45) is 4.57. The third-order valence-electron chi connectivity index (χ3n) is 4.14. The van der Waals surface area contributed by atoms with Crippen molar-refractivity contribution in [2.75, 3.05) is 13.2 Å². The van der Waals surface area contributed by atoms with E-state index in [1.807, 2.05) is 30.3 Å². The molecule has 0 aliphatic heterocycles. The summed E-state index contributed by atoms with van der Waals surface area (Å²) in [7, 11) is 0. The van der Waals surface area contributed by atoms with Gasteiger partial charge in [0.2, 0.25) is 0 Å². The highest BCUT2D eigenvalue weighted by Crippen LogP contribution is 2.23. The molecule has 1 aromatic rings. The van der Waals surface area contributed by atoms with Crippen molar-refractivity contribution in [3.05, 3.63) is 35.9 Å². The number of rotatable bonds is 5. The van der Waals surface area contributed by atoms with E-state index < -0.39 is 0 Å². The zero-order valence-electron chi connectivity index (χ0n) is 12.8. The van der Waals surface area contributed by atoms with Gasteiger partial charge >= 0.3 is 6.03 Å². The third kappa shape index (κ3) is 5.05. The van der Waals surface area contributed by atoms with Gasteiger partial charge in [0.1, 0.15) is 0 Å². The van der Waals surface area contributed by atoms with Gasteiger partial charge in [-0.3, -0.25) is 0 Å². The lowest BCUT2D eigenvalue weighted by atomic mass is 9.87. The third-order valence-corrected chi connectivity index (χ3v) is 4.14. The molecule has 0 radical (unpaired) electrons. The molecule has 1 aliphatic rings. The van der Waals surface area contributed by atoms with E-state index in [-0.39, 0.29) is 18.7 Å².